The van der Waals surface area contributed by atoms with Gasteiger partial charge in [-0.1, -0.05) is 133 Å². The van der Waals surface area contributed by atoms with Crippen LogP contribution in [0.5, 0.6) is 0 Å². The van der Waals surface area contributed by atoms with Crippen LogP contribution in [0.3, 0.4) is 0 Å². The second kappa shape index (κ2) is 11.3. The van der Waals surface area contributed by atoms with Gasteiger partial charge in [0.05, 0.1) is 27.8 Å². The average Bonchev–Trinajstić information content (AvgIpc) is 3.73. The van der Waals surface area contributed by atoms with E-state index in [9.17, 15) is 0 Å². The van der Waals surface area contributed by atoms with Crippen molar-refractivity contribution >= 4 is 65.2 Å². The third-order valence-corrected chi connectivity index (χ3v) is 10.8. The van der Waals surface area contributed by atoms with Gasteiger partial charge in [0, 0.05) is 61.5 Å². The van der Waals surface area contributed by atoms with Crippen molar-refractivity contribution in [3.8, 4) is 33.6 Å². The SMILES string of the molecule is c1ccc2c(-n3c4ccccc4c4ccccc43)c3ccccc3c(-c3cncc(-c4ccc(-n5c6ccccc6c6ccccc65)cc4)c3)c2c1. The minimum absolute atomic E-state index is 1.09. The minimum atomic E-state index is 1.09. The zero-order valence-electron chi connectivity index (χ0n) is 28.2. The molecule has 0 aliphatic rings. The molecule has 0 aliphatic heterocycles. The summed E-state index contributed by atoms with van der Waals surface area (Å²) in [5.41, 5.74) is 11.7. The highest BCUT2D eigenvalue weighted by Gasteiger charge is 2.20. The highest BCUT2D eigenvalue weighted by atomic mass is 15.0. The van der Waals surface area contributed by atoms with Crippen molar-refractivity contribution in [3.63, 3.8) is 0 Å². The Morgan fingerprint density at radius 2 is 0.692 bits per heavy atom. The van der Waals surface area contributed by atoms with Crippen molar-refractivity contribution in [2.75, 3.05) is 0 Å². The van der Waals surface area contributed by atoms with Gasteiger partial charge < -0.3 is 9.13 Å². The molecule has 0 radical (unpaired) electrons. The summed E-state index contributed by atoms with van der Waals surface area (Å²) in [6.45, 7) is 0. The van der Waals surface area contributed by atoms with Crippen molar-refractivity contribution in [1.29, 1.82) is 0 Å². The van der Waals surface area contributed by atoms with Gasteiger partial charge >= 0.3 is 0 Å². The summed E-state index contributed by atoms with van der Waals surface area (Å²) >= 11 is 0. The number of nitrogens with zero attached hydrogens (tertiary/aromatic N) is 3. The molecule has 0 saturated carbocycles. The number of rotatable bonds is 4. The molecule has 52 heavy (non-hydrogen) atoms. The number of benzene rings is 8. The molecule has 0 atom stereocenters. The second-order valence-corrected chi connectivity index (χ2v) is 13.6. The predicted molar refractivity (Wildman–Crippen MR) is 219 cm³/mol. The zero-order chi connectivity index (χ0) is 34.2. The van der Waals surface area contributed by atoms with Gasteiger partial charge in [0.1, 0.15) is 0 Å². The van der Waals surface area contributed by atoms with E-state index in [0.29, 0.717) is 0 Å². The van der Waals surface area contributed by atoms with Crippen LogP contribution in [0.4, 0.5) is 0 Å². The number of fused-ring (bicyclic) bond motifs is 8. The van der Waals surface area contributed by atoms with Gasteiger partial charge in [-0.15, -0.1) is 0 Å². The first-order valence-corrected chi connectivity index (χ1v) is 17.8. The van der Waals surface area contributed by atoms with E-state index in [0.717, 1.165) is 22.4 Å². The Morgan fingerprint density at radius 1 is 0.308 bits per heavy atom. The van der Waals surface area contributed by atoms with Crippen LogP contribution in [0, 0.1) is 0 Å². The highest BCUT2D eigenvalue weighted by molar-refractivity contribution is 6.21. The van der Waals surface area contributed by atoms with Crippen LogP contribution >= 0.6 is 0 Å². The van der Waals surface area contributed by atoms with E-state index in [1.165, 1.54) is 76.4 Å². The average molecular weight is 662 g/mol. The predicted octanol–water partition coefficient (Wildman–Crippen LogP) is 12.9. The molecular formula is C49H31N3. The van der Waals surface area contributed by atoms with E-state index in [-0.39, 0.29) is 0 Å². The van der Waals surface area contributed by atoms with Gasteiger partial charge in [0.25, 0.3) is 0 Å². The molecule has 0 N–H and O–H groups in total. The lowest BCUT2D eigenvalue weighted by Gasteiger charge is -2.19. The second-order valence-electron chi connectivity index (χ2n) is 13.6. The maximum absolute atomic E-state index is 4.85. The molecule has 11 rings (SSSR count). The Bertz CT molecular complexity index is 3020. The smallest absolute Gasteiger partial charge is 0.0619 e. The molecular weight excluding hydrogens is 631 g/mol. The number of para-hydroxylation sites is 4. The lowest BCUT2D eigenvalue weighted by atomic mass is 9.90. The molecule has 242 valence electrons. The molecule has 0 unspecified atom stereocenters. The summed E-state index contributed by atoms with van der Waals surface area (Å²) in [6, 6.07) is 63.7. The maximum atomic E-state index is 4.85. The Labute approximate surface area is 300 Å². The van der Waals surface area contributed by atoms with Crippen LogP contribution in [0.1, 0.15) is 0 Å². The summed E-state index contributed by atoms with van der Waals surface area (Å²) in [6.07, 6.45) is 4.00. The fourth-order valence-corrected chi connectivity index (χ4v) is 8.56. The summed E-state index contributed by atoms with van der Waals surface area (Å²) in [7, 11) is 0. The molecule has 3 nitrogen and oxygen atoms in total. The highest BCUT2D eigenvalue weighted by Crippen LogP contribution is 2.44. The van der Waals surface area contributed by atoms with E-state index in [1.54, 1.807) is 0 Å². The van der Waals surface area contributed by atoms with Crippen molar-refractivity contribution < 1.29 is 0 Å². The molecule has 0 fully saturated rings. The van der Waals surface area contributed by atoms with Gasteiger partial charge in [-0.2, -0.15) is 0 Å². The Balaban J connectivity index is 1.10. The third kappa shape index (κ3) is 4.17. The monoisotopic (exact) mass is 661 g/mol. The zero-order valence-corrected chi connectivity index (χ0v) is 28.2. The number of hydrogen-bond donors (Lipinski definition) is 0. The maximum Gasteiger partial charge on any atom is 0.0619 e. The van der Waals surface area contributed by atoms with Crippen molar-refractivity contribution in [3.05, 3.63) is 188 Å². The van der Waals surface area contributed by atoms with Crippen molar-refractivity contribution in [1.82, 2.24) is 14.1 Å². The Hall–Kier alpha value is -6.97. The molecule has 3 heterocycles. The first-order valence-electron chi connectivity index (χ1n) is 17.8. The van der Waals surface area contributed by atoms with E-state index < -0.39 is 0 Å². The topological polar surface area (TPSA) is 22.8 Å². The molecule has 0 spiro atoms. The molecule has 0 amide bonds. The van der Waals surface area contributed by atoms with Gasteiger partial charge in [0.15, 0.2) is 0 Å². The molecule has 3 aromatic heterocycles. The van der Waals surface area contributed by atoms with Crippen LogP contribution in [-0.2, 0) is 0 Å². The van der Waals surface area contributed by atoms with E-state index in [4.69, 9.17) is 4.98 Å². The lowest BCUT2D eigenvalue weighted by molar-refractivity contribution is 1.18. The van der Waals surface area contributed by atoms with Crippen molar-refractivity contribution in [2.24, 2.45) is 0 Å². The summed E-state index contributed by atoms with van der Waals surface area (Å²) in [4.78, 5) is 4.85. The van der Waals surface area contributed by atoms with Gasteiger partial charge in [-0.25, -0.2) is 0 Å². The fourth-order valence-electron chi connectivity index (χ4n) is 8.56. The van der Waals surface area contributed by atoms with Crippen LogP contribution in [-0.4, -0.2) is 14.1 Å². The molecule has 0 bridgehead atoms. The van der Waals surface area contributed by atoms with Crippen LogP contribution in [0.25, 0.3) is 98.8 Å². The van der Waals surface area contributed by atoms with Gasteiger partial charge in [0.2, 0.25) is 0 Å². The van der Waals surface area contributed by atoms with Crippen LogP contribution in [0.15, 0.2) is 188 Å². The van der Waals surface area contributed by atoms with E-state index in [2.05, 4.69) is 185 Å². The van der Waals surface area contributed by atoms with Crippen LogP contribution in [0.2, 0.25) is 0 Å². The summed E-state index contributed by atoms with van der Waals surface area (Å²) in [5, 5.41) is 9.89. The van der Waals surface area contributed by atoms with Crippen LogP contribution < -0.4 is 0 Å². The number of aromatic nitrogens is 3. The van der Waals surface area contributed by atoms with E-state index >= 15 is 0 Å². The molecule has 0 saturated heterocycles. The third-order valence-electron chi connectivity index (χ3n) is 10.8. The number of pyridine rings is 1. The number of hydrogen-bond acceptors (Lipinski definition) is 1. The Morgan fingerprint density at radius 3 is 1.17 bits per heavy atom. The largest absolute Gasteiger partial charge is 0.309 e. The molecule has 11 aromatic rings. The quantitative estimate of drug-likeness (QED) is 0.172. The van der Waals surface area contributed by atoms with Crippen molar-refractivity contribution in [2.45, 2.75) is 0 Å². The minimum Gasteiger partial charge on any atom is -0.309 e. The summed E-state index contributed by atoms with van der Waals surface area (Å²) in [5.74, 6) is 0. The molecule has 3 heteroatoms. The summed E-state index contributed by atoms with van der Waals surface area (Å²) < 4.78 is 4.83. The first kappa shape index (κ1) is 28.8. The van der Waals surface area contributed by atoms with E-state index in [1.807, 2.05) is 12.4 Å². The molecule has 0 aliphatic carbocycles. The normalized spacial score (nSPS) is 11.8. The molecule has 8 aromatic carbocycles. The first-order chi connectivity index (χ1) is 25.8. The van der Waals surface area contributed by atoms with Gasteiger partial charge in [-0.05, 0) is 64.4 Å². The lowest BCUT2D eigenvalue weighted by Crippen LogP contribution is -1.99. The Kier molecular flexibility index (Phi) is 6.25. The van der Waals surface area contributed by atoms with Gasteiger partial charge in [-0.3, -0.25) is 4.98 Å². The standard InChI is InChI=1S/C49H31N3/c1-3-19-42-40(17-1)48(41-18-2-4-20-43(41)49(42)52-46-23-11-7-15-38(46)39-16-8-12-24-47(39)52)34-29-33(30-50-31-34)32-25-27-35(28-26-32)51-44-21-9-5-13-36(44)37-14-6-10-22-45(37)51/h1-31H. The fraction of sp³-hybridized carbons (Fsp3) is 0.